The highest BCUT2D eigenvalue weighted by molar-refractivity contribution is 5.87. The van der Waals surface area contributed by atoms with Crippen molar-refractivity contribution < 1.29 is 14.6 Å². The molecule has 1 aliphatic heterocycles. The normalized spacial score (nSPS) is 21.3. The summed E-state index contributed by atoms with van der Waals surface area (Å²) in [6.07, 6.45) is 13.0. The smallest absolute Gasteiger partial charge is 0.333 e. The van der Waals surface area contributed by atoms with Gasteiger partial charge in [-0.25, -0.2) is 4.79 Å². The zero-order valence-electron chi connectivity index (χ0n) is 13.6. The molecule has 0 aliphatic carbocycles. The van der Waals surface area contributed by atoms with Crippen LogP contribution in [0.5, 0.6) is 0 Å². The van der Waals surface area contributed by atoms with E-state index in [-0.39, 0.29) is 17.8 Å². The highest BCUT2D eigenvalue weighted by Crippen LogP contribution is 2.32. The van der Waals surface area contributed by atoms with Gasteiger partial charge < -0.3 is 9.84 Å². The number of carboxylic acid groups (broad SMARTS) is 1. The number of allylic oxidation sites excluding steroid dienone is 2. The van der Waals surface area contributed by atoms with Gasteiger partial charge in [0.15, 0.2) is 0 Å². The summed E-state index contributed by atoms with van der Waals surface area (Å²) in [4.78, 5) is 10.7. The minimum absolute atomic E-state index is 0.0905. The van der Waals surface area contributed by atoms with E-state index in [0.29, 0.717) is 0 Å². The topological polar surface area (TPSA) is 49.8 Å². The van der Waals surface area contributed by atoms with Crippen molar-refractivity contribution in [2.24, 2.45) is 0 Å². The molecule has 1 aliphatic rings. The summed E-state index contributed by atoms with van der Waals surface area (Å²) in [5.41, 5.74) is 1.70. The van der Waals surface area contributed by atoms with Gasteiger partial charge in [0.2, 0.25) is 0 Å². The Morgan fingerprint density at radius 1 is 1.24 bits per heavy atom. The number of carbonyl (C=O) groups is 1. The van der Waals surface area contributed by atoms with Crippen LogP contribution in [0, 0.1) is 0 Å². The summed E-state index contributed by atoms with van der Waals surface area (Å²) in [6.45, 7) is 8.01. The highest BCUT2D eigenvalue weighted by atomic mass is 16.6. The lowest BCUT2D eigenvalue weighted by Crippen LogP contribution is -2.07. The molecule has 0 aromatic carbocycles. The first kappa shape index (κ1) is 18.0. The van der Waals surface area contributed by atoms with Gasteiger partial charge in [-0.2, -0.15) is 0 Å². The van der Waals surface area contributed by atoms with Crippen LogP contribution >= 0.6 is 0 Å². The van der Waals surface area contributed by atoms with Crippen molar-refractivity contribution >= 4 is 5.97 Å². The van der Waals surface area contributed by atoms with E-state index in [0.717, 1.165) is 25.7 Å². The van der Waals surface area contributed by atoms with E-state index in [2.05, 4.69) is 26.5 Å². The lowest BCUT2D eigenvalue weighted by atomic mass is 10.0. The average molecular weight is 294 g/mol. The van der Waals surface area contributed by atoms with E-state index >= 15 is 0 Å². The van der Waals surface area contributed by atoms with Crippen LogP contribution in [-0.4, -0.2) is 23.3 Å². The minimum Gasteiger partial charge on any atom is -0.478 e. The minimum atomic E-state index is -0.941. The summed E-state index contributed by atoms with van der Waals surface area (Å²) in [5.74, 6) is -0.941. The van der Waals surface area contributed by atoms with Gasteiger partial charge >= 0.3 is 5.97 Å². The average Bonchev–Trinajstić information content (AvgIpc) is 3.21. The standard InChI is InChI=1S/C18H30O3/c1-4-5-6-8-11-14(2)12-9-7-10-13-16-17(21-16)15(3)18(19)20/h12,16-17H,3-11,13H2,1-2H3,(H,19,20)/b14-12+/t16-,17-/m1/s1. The van der Waals surface area contributed by atoms with Gasteiger partial charge in [-0.15, -0.1) is 0 Å². The Bertz CT molecular complexity index is 371. The van der Waals surface area contributed by atoms with Crippen molar-refractivity contribution in [1.82, 2.24) is 0 Å². The predicted molar refractivity (Wildman–Crippen MR) is 86.4 cm³/mol. The summed E-state index contributed by atoms with van der Waals surface area (Å²) in [5, 5.41) is 8.80. The van der Waals surface area contributed by atoms with Gasteiger partial charge in [-0.3, -0.25) is 0 Å². The molecule has 0 saturated carbocycles. The lowest BCUT2D eigenvalue weighted by molar-refractivity contribution is -0.132. The summed E-state index contributed by atoms with van der Waals surface area (Å²) < 4.78 is 5.35. The second kappa shape index (κ2) is 9.78. The summed E-state index contributed by atoms with van der Waals surface area (Å²) >= 11 is 0. The van der Waals surface area contributed by atoms with Crippen LogP contribution < -0.4 is 0 Å². The molecule has 0 aromatic rings. The molecule has 120 valence electrons. The SMILES string of the molecule is C=C(C(=O)O)[C@H]1O[C@@H]1CCCC/C=C(\C)CCCCCC. The fourth-order valence-corrected chi connectivity index (χ4v) is 2.56. The van der Waals surface area contributed by atoms with Crippen LogP contribution in [-0.2, 0) is 9.53 Å². The van der Waals surface area contributed by atoms with E-state index in [9.17, 15) is 4.79 Å². The van der Waals surface area contributed by atoms with Gasteiger partial charge in [0.25, 0.3) is 0 Å². The molecule has 1 N–H and O–H groups in total. The Morgan fingerprint density at radius 2 is 2.00 bits per heavy atom. The first-order chi connectivity index (χ1) is 10.1. The second-order valence-corrected chi connectivity index (χ2v) is 6.07. The fraction of sp³-hybridized carbons (Fsp3) is 0.722. The molecular formula is C18H30O3. The largest absolute Gasteiger partial charge is 0.478 e. The maximum Gasteiger partial charge on any atom is 0.333 e. The van der Waals surface area contributed by atoms with Crippen LogP contribution in [0.3, 0.4) is 0 Å². The molecule has 0 aromatic heterocycles. The van der Waals surface area contributed by atoms with E-state index in [4.69, 9.17) is 9.84 Å². The number of unbranched alkanes of at least 4 members (excludes halogenated alkanes) is 5. The van der Waals surface area contributed by atoms with E-state index in [1.807, 2.05) is 0 Å². The molecule has 0 spiro atoms. The third-order valence-corrected chi connectivity index (χ3v) is 4.06. The van der Waals surface area contributed by atoms with Crippen LogP contribution in [0.2, 0.25) is 0 Å². The monoisotopic (exact) mass is 294 g/mol. The lowest BCUT2D eigenvalue weighted by Gasteiger charge is -2.01. The van der Waals surface area contributed by atoms with Gasteiger partial charge in [-0.1, -0.05) is 50.8 Å². The Morgan fingerprint density at radius 3 is 2.67 bits per heavy atom. The first-order valence-electron chi connectivity index (χ1n) is 8.29. The molecule has 0 unspecified atom stereocenters. The fourth-order valence-electron chi connectivity index (χ4n) is 2.56. The molecule has 1 saturated heterocycles. The third kappa shape index (κ3) is 7.47. The molecule has 2 atom stereocenters. The number of hydrogen-bond acceptors (Lipinski definition) is 2. The number of rotatable bonds is 12. The van der Waals surface area contributed by atoms with Crippen LogP contribution in [0.15, 0.2) is 23.8 Å². The zero-order chi connectivity index (χ0) is 15.7. The number of hydrogen-bond donors (Lipinski definition) is 1. The number of ether oxygens (including phenoxy) is 1. The molecule has 0 bridgehead atoms. The number of aliphatic carboxylic acids is 1. The van der Waals surface area contributed by atoms with Crippen molar-refractivity contribution in [2.75, 3.05) is 0 Å². The molecule has 1 heterocycles. The third-order valence-electron chi connectivity index (χ3n) is 4.06. The van der Waals surface area contributed by atoms with Crippen LogP contribution in [0.25, 0.3) is 0 Å². The molecule has 21 heavy (non-hydrogen) atoms. The Labute approximate surface area is 129 Å². The Hall–Kier alpha value is -1.09. The molecule has 1 fully saturated rings. The first-order valence-corrected chi connectivity index (χ1v) is 8.29. The van der Waals surface area contributed by atoms with Crippen molar-refractivity contribution in [3.05, 3.63) is 23.8 Å². The molecule has 0 radical (unpaired) electrons. The zero-order valence-corrected chi connectivity index (χ0v) is 13.6. The quantitative estimate of drug-likeness (QED) is 0.242. The molecule has 3 heteroatoms. The van der Waals surface area contributed by atoms with Gasteiger partial charge in [0.05, 0.1) is 11.7 Å². The van der Waals surface area contributed by atoms with Gasteiger partial charge in [0.1, 0.15) is 6.10 Å². The summed E-state index contributed by atoms with van der Waals surface area (Å²) in [6, 6.07) is 0. The van der Waals surface area contributed by atoms with Crippen LogP contribution in [0.4, 0.5) is 0 Å². The molecule has 0 amide bonds. The molecule has 3 nitrogen and oxygen atoms in total. The Kier molecular flexibility index (Phi) is 8.36. The Balaban J connectivity index is 2.00. The van der Waals surface area contributed by atoms with Crippen molar-refractivity contribution in [3.8, 4) is 0 Å². The van der Waals surface area contributed by atoms with Gasteiger partial charge in [-0.05, 0) is 39.0 Å². The van der Waals surface area contributed by atoms with E-state index in [1.165, 1.54) is 37.7 Å². The van der Waals surface area contributed by atoms with Gasteiger partial charge in [0, 0.05) is 0 Å². The predicted octanol–water partition coefficient (Wildman–Crippen LogP) is 4.87. The second-order valence-electron chi connectivity index (χ2n) is 6.07. The van der Waals surface area contributed by atoms with E-state index < -0.39 is 5.97 Å². The maximum atomic E-state index is 10.7. The van der Waals surface area contributed by atoms with Crippen molar-refractivity contribution in [3.63, 3.8) is 0 Å². The van der Waals surface area contributed by atoms with Crippen molar-refractivity contribution in [1.29, 1.82) is 0 Å². The molecular weight excluding hydrogens is 264 g/mol. The van der Waals surface area contributed by atoms with Crippen LogP contribution in [0.1, 0.15) is 71.6 Å². The van der Waals surface area contributed by atoms with E-state index in [1.54, 1.807) is 0 Å². The maximum absolute atomic E-state index is 10.7. The summed E-state index contributed by atoms with van der Waals surface area (Å²) in [7, 11) is 0. The number of carboxylic acids is 1. The molecule has 1 rings (SSSR count). The number of epoxide rings is 1. The highest BCUT2D eigenvalue weighted by Gasteiger charge is 2.42. The van der Waals surface area contributed by atoms with Crippen molar-refractivity contribution in [2.45, 2.75) is 83.8 Å².